The maximum Gasteiger partial charge on any atom is 0.326 e. The second kappa shape index (κ2) is 5.55. The van der Waals surface area contributed by atoms with Gasteiger partial charge in [0.25, 0.3) is 5.91 Å². The SMILES string of the molecule is O=C(O)[C@H]1Cc2nc[nH]c2CN1C(=O)c1cccc2c1OCCO2. The van der Waals surface area contributed by atoms with E-state index in [-0.39, 0.29) is 13.0 Å². The van der Waals surface area contributed by atoms with Crippen LogP contribution in [0.2, 0.25) is 0 Å². The number of nitrogens with zero attached hydrogens (tertiary/aromatic N) is 2. The number of H-pyrrole nitrogens is 1. The Balaban J connectivity index is 1.72. The van der Waals surface area contributed by atoms with Crippen LogP contribution in [0.15, 0.2) is 24.5 Å². The topological polar surface area (TPSA) is 105 Å². The predicted molar refractivity (Wildman–Crippen MR) is 81.0 cm³/mol. The number of fused-ring (bicyclic) bond motifs is 2. The number of para-hydroxylation sites is 1. The number of hydrogen-bond acceptors (Lipinski definition) is 5. The fourth-order valence-electron chi connectivity index (χ4n) is 3.07. The molecule has 0 spiro atoms. The van der Waals surface area contributed by atoms with Gasteiger partial charge in [-0.3, -0.25) is 4.79 Å². The van der Waals surface area contributed by atoms with Crippen LogP contribution in [-0.4, -0.2) is 51.1 Å². The molecule has 4 rings (SSSR count). The van der Waals surface area contributed by atoms with Crippen molar-refractivity contribution in [3.05, 3.63) is 41.5 Å². The van der Waals surface area contributed by atoms with Crippen molar-refractivity contribution < 1.29 is 24.2 Å². The zero-order valence-electron chi connectivity index (χ0n) is 12.7. The van der Waals surface area contributed by atoms with Gasteiger partial charge in [0.1, 0.15) is 19.3 Å². The Kier molecular flexibility index (Phi) is 3.37. The quantitative estimate of drug-likeness (QED) is 0.846. The Hall–Kier alpha value is -3.03. The van der Waals surface area contributed by atoms with Gasteiger partial charge in [-0.05, 0) is 12.1 Å². The van der Waals surface area contributed by atoms with Crippen molar-refractivity contribution in [2.75, 3.05) is 13.2 Å². The highest BCUT2D eigenvalue weighted by molar-refractivity contribution is 6.00. The molecule has 1 aromatic carbocycles. The van der Waals surface area contributed by atoms with E-state index >= 15 is 0 Å². The zero-order valence-corrected chi connectivity index (χ0v) is 12.7. The van der Waals surface area contributed by atoms with E-state index in [1.807, 2.05) is 0 Å². The van der Waals surface area contributed by atoms with Gasteiger partial charge in [0.15, 0.2) is 11.5 Å². The molecular formula is C16H15N3O5. The molecular weight excluding hydrogens is 314 g/mol. The second-order valence-corrected chi connectivity index (χ2v) is 5.65. The van der Waals surface area contributed by atoms with Crippen molar-refractivity contribution in [1.29, 1.82) is 0 Å². The highest BCUT2D eigenvalue weighted by Crippen LogP contribution is 2.35. The molecule has 0 radical (unpaired) electrons. The van der Waals surface area contributed by atoms with Crippen molar-refractivity contribution >= 4 is 11.9 Å². The smallest absolute Gasteiger partial charge is 0.326 e. The molecule has 0 saturated carbocycles. The summed E-state index contributed by atoms with van der Waals surface area (Å²) in [5.41, 5.74) is 1.74. The first-order valence-electron chi connectivity index (χ1n) is 7.58. The summed E-state index contributed by atoms with van der Waals surface area (Å²) in [5, 5.41) is 9.52. The standard InChI is InChI=1S/C16H15N3O5/c20-15(9-2-1-3-13-14(9)24-5-4-23-13)19-7-11-10(17-8-18-11)6-12(19)16(21)22/h1-3,8,12H,4-7H2,(H,17,18)(H,21,22)/t12-/m1/s1. The van der Waals surface area contributed by atoms with E-state index in [1.54, 1.807) is 18.2 Å². The molecule has 0 unspecified atom stereocenters. The lowest BCUT2D eigenvalue weighted by molar-refractivity contribution is -0.142. The first kappa shape index (κ1) is 14.6. The van der Waals surface area contributed by atoms with Crippen LogP contribution in [0.3, 0.4) is 0 Å². The first-order chi connectivity index (χ1) is 11.6. The summed E-state index contributed by atoms with van der Waals surface area (Å²) in [6, 6.07) is 4.08. The number of imidazole rings is 1. The number of aromatic nitrogens is 2. The molecule has 0 aliphatic carbocycles. The molecule has 124 valence electrons. The molecule has 8 heteroatoms. The van der Waals surface area contributed by atoms with Crippen LogP contribution in [0.25, 0.3) is 0 Å². The summed E-state index contributed by atoms with van der Waals surface area (Å²) < 4.78 is 11.1. The molecule has 2 N–H and O–H groups in total. The van der Waals surface area contributed by atoms with Gasteiger partial charge in [-0.1, -0.05) is 6.07 Å². The number of benzene rings is 1. The van der Waals surface area contributed by atoms with Crippen molar-refractivity contribution in [3.8, 4) is 11.5 Å². The Bertz CT molecular complexity index is 816. The number of hydrogen-bond donors (Lipinski definition) is 2. The van der Waals surface area contributed by atoms with Gasteiger partial charge in [0.05, 0.1) is 29.8 Å². The third-order valence-electron chi connectivity index (χ3n) is 4.24. The maximum atomic E-state index is 13.0. The molecule has 8 nitrogen and oxygen atoms in total. The number of amides is 1. The number of aromatic amines is 1. The van der Waals surface area contributed by atoms with Gasteiger partial charge in [0.2, 0.25) is 0 Å². The van der Waals surface area contributed by atoms with Crippen LogP contribution >= 0.6 is 0 Å². The summed E-state index contributed by atoms with van der Waals surface area (Å²) in [5.74, 6) is -0.588. The number of nitrogens with one attached hydrogen (secondary N) is 1. The molecule has 24 heavy (non-hydrogen) atoms. The van der Waals surface area contributed by atoms with Gasteiger partial charge in [0, 0.05) is 6.42 Å². The van der Waals surface area contributed by atoms with Gasteiger partial charge < -0.3 is 24.5 Å². The Morgan fingerprint density at radius 2 is 2.12 bits per heavy atom. The van der Waals surface area contributed by atoms with Crippen LogP contribution in [0.5, 0.6) is 11.5 Å². The second-order valence-electron chi connectivity index (χ2n) is 5.65. The monoisotopic (exact) mass is 329 g/mol. The van der Waals surface area contributed by atoms with Crippen LogP contribution in [0, 0.1) is 0 Å². The van der Waals surface area contributed by atoms with Crippen LogP contribution in [-0.2, 0) is 17.8 Å². The molecule has 1 amide bonds. The van der Waals surface area contributed by atoms with Gasteiger partial charge in [-0.25, -0.2) is 9.78 Å². The third-order valence-corrected chi connectivity index (χ3v) is 4.24. The largest absolute Gasteiger partial charge is 0.486 e. The number of carboxylic acid groups (broad SMARTS) is 1. The van der Waals surface area contributed by atoms with Crippen molar-refractivity contribution in [3.63, 3.8) is 0 Å². The number of carbonyl (C=O) groups excluding carboxylic acids is 1. The molecule has 0 bridgehead atoms. The molecule has 1 aromatic heterocycles. The highest BCUT2D eigenvalue weighted by Gasteiger charge is 2.37. The zero-order chi connectivity index (χ0) is 16.7. The fourth-order valence-corrected chi connectivity index (χ4v) is 3.07. The number of carbonyl (C=O) groups is 2. The van der Waals surface area contributed by atoms with Crippen LogP contribution in [0.1, 0.15) is 21.7 Å². The Morgan fingerprint density at radius 1 is 1.29 bits per heavy atom. The number of aliphatic carboxylic acids is 1. The number of carboxylic acids is 1. The summed E-state index contributed by atoms with van der Waals surface area (Å²) in [4.78, 5) is 33.1. The van der Waals surface area contributed by atoms with E-state index < -0.39 is 17.9 Å². The molecule has 0 fully saturated rings. The fraction of sp³-hybridized carbons (Fsp3) is 0.312. The minimum atomic E-state index is -1.06. The van der Waals surface area contributed by atoms with Crippen LogP contribution in [0.4, 0.5) is 0 Å². The molecule has 2 aliphatic heterocycles. The lowest BCUT2D eigenvalue weighted by atomic mass is 10.0. The molecule has 1 atom stereocenters. The van der Waals surface area contributed by atoms with E-state index in [0.717, 1.165) is 5.69 Å². The average molecular weight is 329 g/mol. The van der Waals surface area contributed by atoms with Gasteiger partial charge in [-0.2, -0.15) is 0 Å². The summed E-state index contributed by atoms with van der Waals surface area (Å²) >= 11 is 0. The minimum absolute atomic E-state index is 0.162. The molecule has 3 heterocycles. The maximum absolute atomic E-state index is 13.0. The Morgan fingerprint density at radius 3 is 2.96 bits per heavy atom. The van der Waals surface area contributed by atoms with Crippen LogP contribution < -0.4 is 9.47 Å². The summed E-state index contributed by atoms with van der Waals surface area (Å²) in [6.07, 6.45) is 1.69. The van der Waals surface area contributed by atoms with Crippen molar-refractivity contribution in [2.24, 2.45) is 0 Å². The molecule has 0 saturated heterocycles. The summed E-state index contributed by atoms with van der Waals surface area (Å²) in [6.45, 7) is 0.934. The lowest BCUT2D eigenvalue weighted by Crippen LogP contribution is -2.48. The summed E-state index contributed by atoms with van der Waals surface area (Å²) in [7, 11) is 0. The Labute approximate surface area is 137 Å². The molecule has 2 aromatic rings. The van der Waals surface area contributed by atoms with E-state index in [1.165, 1.54) is 11.2 Å². The van der Waals surface area contributed by atoms with E-state index in [4.69, 9.17) is 9.47 Å². The third kappa shape index (κ3) is 2.27. The van der Waals surface area contributed by atoms with Gasteiger partial charge >= 0.3 is 5.97 Å². The predicted octanol–water partition coefficient (Wildman–Crippen LogP) is 0.833. The first-order valence-corrected chi connectivity index (χ1v) is 7.58. The molecule has 2 aliphatic rings. The van der Waals surface area contributed by atoms with E-state index in [0.29, 0.717) is 36.0 Å². The highest BCUT2D eigenvalue weighted by atomic mass is 16.6. The van der Waals surface area contributed by atoms with Crippen molar-refractivity contribution in [1.82, 2.24) is 14.9 Å². The number of rotatable bonds is 2. The van der Waals surface area contributed by atoms with Crippen molar-refractivity contribution in [2.45, 2.75) is 19.0 Å². The number of ether oxygens (including phenoxy) is 2. The van der Waals surface area contributed by atoms with E-state index in [9.17, 15) is 14.7 Å². The van der Waals surface area contributed by atoms with Gasteiger partial charge in [-0.15, -0.1) is 0 Å². The van der Waals surface area contributed by atoms with E-state index in [2.05, 4.69) is 9.97 Å². The minimum Gasteiger partial charge on any atom is -0.486 e. The lowest BCUT2D eigenvalue weighted by Gasteiger charge is -2.33. The average Bonchev–Trinajstić information content (AvgIpc) is 3.07. The normalized spacial score (nSPS) is 18.8.